The van der Waals surface area contributed by atoms with Crippen LogP contribution in [-0.2, 0) is 0 Å². The molecule has 4 N–H and O–H groups in total. The summed E-state index contributed by atoms with van der Waals surface area (Å²) >= 11 is 1.66. The number of nitrogens with two attached hydrogens (primary N) is 1. The van der Waals surface area contributed by atoms with Crippen molar-refractivity contribution in [2.45, 2.75) is 0 Å². The Morgan fingerprint density at radius 2 is 1.85 bits per heavy atom. The fourth-order valence-corrected chi connectivity index (χ4v) is 3.95. The number of imidazole rings is 1. The van der Waals surface area contributed by atoms with Crippen LogP contribution in [-0.4, -0.2) is 15.0 Å². The van der Waals surface area contributed by atoms with Crippen LogP contribution in [0, 0.1) is 0 Å². The minimum Gasteiger partial charge on any atom is -0.397 e. The SMILES string of the molecule is Nc1c(-c2nc3ccccc3[nH]2)c(=O)[nH]c2cc(-c3cccs3)ccc12. The van der Waals surface area contributed by atoms with E-state index in [1.807, 2.05) is 53.9 Å². The summed E-state index contributed by atoms with van der Waals surface area (Å²) < 4.78 is 0. The molecule has 0 amide bonds. The molecule has 5 rings (SSSR count). The Morgan fingerprint density at radius 1 is 0.962 bits per heavy atom. The number of hydrogen-bond donors (Lipinski definition) is 3. The van der Waals surface area contributed by atoms with Gasteiger partial charge in [-0.25, -0.2) is 4.98 Å². The standard InChI is InChI=1S/C20H14N4OS/c21-18-12-8-7-11(16-6-3-9-26-16)10-15(12)24-20(25)17(18)19-22-13-4-1-2-5-14(13)23-19/h1-10H,(H,22,23)(H3,21,24,25). The van der Waals surface area contributed by atoms with E-state index in [0.717, 1.165) is 32.4 Å². The first-order valence-electron chi connectivity index (χ1n) is 8.15. The molecule has 0 aliphatic carbocycles. The maximum Gasteiger partial charge on any atom is 0.261 e. The van der Waals surface area contributed by atoms with E-state index in [4.69, 9.17) is 5.73 Å². The molecule has 0 atom stereocenters. The third-order valence-corrected chi connectivity index (χ3v) is 5.41. The summed E-state index contributed by atoms with van der Waals surface area (Å²) in [6, 6.07) is 17.6. The van der Waals surface area contributed by atoms with Crippen LogP contribution in [0.25, 0.3) is 43.8 Å². The van der Waals surface area contributed by atoms with Crippen LogP contribution >= 0.6 is 11.3 Å². The third-order valence-electron chi connectivity index (χ3n) is 4.49. The number of fused-ring (bicyclic) bond motifs is 2. The van der Waals surface area contributed by atoms with Crippen molar-refractivity contribution in [1.82, 2.24) is 15.0 Å². The minimum atomic E-state index is -0.252. The van der Waals surface area contributed by atoms with Gasteiger partial charge in [-0.15, -0.1) is 11.3 Å². The monoisotopic (exact) mass is 358 g/mol. The van der Waals surface area contributed by atoms with E-state index in [0.29, 0.717) is 17.1 Å². The number of para-hydroxylation sites is 2. The molecule has 26 heavy (non-hydrogen) atoms. The molecule has 0 unspecified atom stereocenters. The predicted molar refractivity (Wildman–Crippen MR) is 107 cm³/mol. The van der Waals surface area contributed by atoms with E-state index in [9.17, 15) is 4.79 Å². The van der Waals surface area contributed by atoms with Crippen LogP contribution in [0.3, 0.4) is 0 Å². The first kappa shape index (κ1) is 14.9. The lowest BCUT2D eigenvalue weighted by molar-refractivity contribution is 1.25. The molecule has 0 fully saturated rings. The van der Waals surface area contributed by atoms with Gasteiger partial charge in [0.1, 0.15) is 11.4 Å². The maximum absolute atomic E-state index is 12.7. The van der Waals surface area contributed by atoms with Crippen molar-refractivity contribution in [3.8, 4) is 21.8 Å². The average molecular weight is 358 g/mol. The van der Waals surface area contributed by atoms with Gasteiger partial charge >= 0.3 is 0 Å². The van der Waals surface area contributed by atoms with E-state index >= 15 is 0 Å². The predicted octanol–water partition coefficient (Wildman–Crippen LogP) is 4.38. The van der Waals surface area contributed by atoms with Crippen LogP contribution in [0.1, 0.15) is 0 Å². The van der Waals surface area contributed by atoms with E-state index < -0.39 is 0 Å². The molecule has 3 heterocycles. The van der Waals surface area contributed by atoms with Gasteiger partial charge in [0.25, 0.3) is 5.56 Å². The van der Waals surface area contributed by atoms with E-state index in [2.05, 4.69) is 21.0 Å². The Labute approximate surface area is 152 Å². The van der Waals surface area contributed by atoms with Crippen molar-refractivity contribution < 1.29 is 0 Å². The second kappa shape index (κ2) is 5.57. The molecule has 2 aromatic carbocycles. The largest absolute Gasteiger partial charge is 0.397 e. The van der Waals surface area contributed by atoms with Crippen molar-refractivity contribution in [3.63, 3.8) is 0 Å². The van der Waals surface area contributed by atoms with Gasteiger partial charge in [-0.05, 0) is 35.2 Å². The molecule has 126 valence electrons. The number of aromatic amines is 2. The van der Waals surface area contributed by atoms with Crippen LogP contribution in [0.4, 0.5) is 5.69 Å². The highest BCUT2D eigenvalue weighted by Gasteiger charge is 2.16. The first-order valence-corrected chi connectivity index (χ1v) is 9.03. The van der Waals surface area contributed by atoms with Gasteiger partial charge in [0.05, 0.1) is 22.2 Å². The normalized spacial score (nSPS) is 11.4. The van der Waals surface area contributed by atoms with Crippen molar-refractivity contribution in [3.05, 3.63) is 70.3 Å². The lowest BCUT2D eigenvalue weighted by Gasteiger charge is -2.08. The van der Waals surface area contributed by atoms with Crippen molar-refractivity contribution >= 4 is 39.0 Å². The van der Waals surface area contributed by atoms with Crippen LogP contribution in [0.5, 0.6) is 0 Å². The molecule has 3 aromatic heterocycles. The Balaban J connectivity index is 1.74. The zero-order valence-electron chi connectivity index (χ0n) is 13.6. The van der Waals surface area contributed by atoms with Crippen molar-refractivity contribution in [2.75, 3.05) is 5.73 Å². The number of pyridine rings is 1. The molecular weight excluding hydrogens is 344 g/mol. The quantitative estimate of drug-likeness (QED) is 0.437. The van der Waals surface area contributed by atoms with Gasteiger partial charge < -0.3 is 15.7 Å². The van der Waals surface area contributed by atoms with Crippen LogP contribution in [0.2, 0.25) is 0 Å². The highest BCUT2D eigenvalue weighted by atomic mass is 32.1. The third kappa shape index (κ3) is 2.23. The lowest BCUT2D eigenvalue weighted by Crippen LogP contribution is -2.13. The molecule has 0 spiro atoms. The number of nitrogen functional groups attached to an aromatic ring is 1. The van der Waals surface area contributed by atoms with E-state index in [1.165, 1.54) is 0 Å². The van der Waals surface area contributed by atoms with Gasteiger partial charge in [-0.3, -0.25) is 4.79 Å². The Kier molecular flexibility index (Phi) is 3.20. The zero-order chi connectivity index (χ0) is 17.7. The first-order chi connectivity index (χ1) is 12.7. The maximum atomic E-state index is 12.7. The Morgan fingerprint density at radius 3 is 2.65 bits per heavy atom. The van der Waals surface area contributed by atoms with Gasteiger partial charge in [0, 0.05) is 10.3 Å². The summed E-state index contributed by atoms with van der Waals surface area (Å²) in [7, 11) is 0. The summed E-state index contributed by atoms with van der Waals surface area (Å²) in [5.74, 6) is 0.481. The highest BCUT2D eigenvalue weighted by molar-refractivity contribution is 7.13. The summed E-state index contributed by atoms with van der Waals surface area (Å²) in [6.07, 6.45) is 0. The Bertz CT molecular complexity index is 1280. The van der Waals surface area contributed by atoms with Gasteiger partial charge in [-0.2, -0.15) is 0 Å². The zero-order valence-corrected chi connectivity index (χ0v) is 14.4. The topological polar surface area (TPSA) is 87.6 Å². The number of hydrogen-bond acceptors (Lipinski definition) is 4. The molecule has 5 nitrogen and oxygen atoms in total. The van der Waals surface area contributed by atoms with Crippen molar-refractivity contribution in [2.24, 2.45) is 0 Å². The molecule has 0 aliphatic rings. The number of benzene rings is 2. The van der Waals surface area contributed by atoms with E-state index in [1.54, 1.807) is 11.3 Å². The van der Waals surface area contributed by atoms with Crippen molar-refractivity contribution in [1.29, 1.82) is 0 Å². The highest BCUT2D eigenvalue weighted by Crippen LogP contribution is 2.32. The molecule has 0 radical (unpaired) electrons. The number of nitrogens with one attached hydrogen (secondary N) is 2. The molecule has 0 aliphatic heterocycles. The van der Waals surface area contributed by atoms with Gasteiger partial charge in [0.2, 0.25) is 0 Å². The smallest absolute Gasteiger partial charge is 0.261 e. The summed E-state index contributed by atoms with van der Waals surface area (Å²) in [4.78, 5) is 24.5. The molecule has 0 saturated heterocycles. The lowest BCUT2D eigenvalue weighted by atomic mass is 10.1. The number of nitrogens with zero attached hydrogens (tertiary/aromatic N) is 1. The molecule has 5 aromatic rings. The summed E-state index contributed by atoms with van der Waals surface area (Å²) in [5.41, 5.74) is 10.4. The summed E-state index contributed by atoms with van der Waals surface area (Å²) in [6.45, 7) is 0. The molecular formula is C20H14N4OS. The fourth-order valence-electron chi connectivity index (χ4n) is 3.23. The van der Waals surface area contributed by atoms with Crippen LogP contribution < -0.4 is 11.3 Å². The number of thiophene rings is 1. The second-order valence-electron chi connectivity index (χ2n) is 6.08. The van der Waals surface area contributed by atoms with Gasteiger partial charge in [-0.1, -0.05) is 30.3 Å². The number of anilines is 1. The number of H-pyrrole nitrogens is 2. The summed E-state index contributed by atoms with van der Waals surface area (Å²) in [5, 5.41) is 2.83. The average Bonchev–Trinajstić information content (AvgIpc) is 3.31. The molecule has 6 heteroatoms. The molecule has 0 saturated carbocycles. The number of aromatic nitrogens is 3. The molecule has 0 bridgehead atoms. The fraction of sp³-hybridized carbons (Fsp3) is 0. The minimum absolute atomic E-state index is 0.252. The number of rotatable bonds is 2. The van der Waals surface area contributed by atoms with Crippen LogP contribution in [0.15, 0.2) is 64.8 Å². The second-order valence-corrected chi connectivity index (χ2v) is 7.03. The van der Waals surface area contributed by atoms with E-state index in [-0.39, 0.29) is 5.56 Å². The van der Waals surface area contributed by atoms with Gasteiger partial charge in [0.15, 0.2) is 0 Å². The Hall–Kier alpha value is -3.38.